The Morgan fingerprint density at radius 2 is 2.13 bits per heavy atom. The highest BCUT2D eigenvalue weighted by Crippen LogP contribution is 2.23. The third-order valence-corrected chi connectivity index (χ3v) is 4.93. The normalized spacial score (nSPS) is 19.3. The number of thiazole rings is 1. The molecular formula is C18H25N3OS. The Kier molecular flexibility index (Phi) is 5.78. The first-order chi connectivity index (χ1) is 11.2. The molecule has 0 spiro atoms. The summed E-state index contributed by atoms with van der Waals surface area (Å²) in [6.45, 7) is 4.84. The van der Waals surface area contributed by atoms with Crippen molar-refractivity contribution < 1.29 is 4.74 Å². The van der Waals surface area contributed by atoms with Crippen LogP contribution in [0.15, 0.2) is 35.7 Å². The SMILES string of the molecule is CN(C)CCC1CN(Cc2nc(-c3ccccc3)cs2)CCO1. The van der Waals surface area contributed by atoms with Gasteiger partial charge >= 0.3 is 0 Å². The van der Waals surface area contributed by atoms with Crippen LogP contribution in [0.3, 0.4) is 0 Å². The molecule has 1 fully saturated rings. The van der Waals surface area contributed by atoms with Crippen LogP contribution in [-0.2, 0) is 11.3 Å². The van der Waals surface area contributed by atoms with Gasteiger partial charge in [0.05, 0.1) is 24.9 Å². The monoisotopic (exact) mass is 331 g/mol. The summed E-state index contributed by atoms with van der Waals surface area (Å²) in [6.07, 6.45) is 1.44. The van der Waals surface area contributed by atoms with E-state index >= 15 is 0 Å². The lowest BCUT2D eigenvalue weighted by Crippen LogP contribution is -2.42. The van der Waals surface area contributed by atoms with Crippen LogP contribution in [0.1, 0.15) is 11.4 Å². The molecule has 0 N–H and O–H groups in total. The first kappa shape index (κ1) is 16.6. The molecule has 1 atom stereocenters. The van der Waals surface area contributed by atoms with Crippen molar-refractivity contribution >= 4 is 11.3 Å². The van der Waals surface area contributed by atoms with Crippen LogP contribution < -0.4 is 0 Å². The van der Waals surface area contributed by atoms with Crippen molar-refractivity contribution in [2.75, 3.05) is 40.3 Å². The molecule has 1 aliphatic rings. The average Bonchev–Trinajstić information content (AvgIpc) is 3.03. The van der Waals surface area contributed by atoms with Gasteiger partial charge in [-0.3, -0.25) is 4.90 Å². The molecule has 1 aromatic carbocycles. The molecule has 0 bridgehead atoms. The number of ether oxygens (including phenoxy) is 1. The molecule has 5 heteroatoms. The molecule has 124 valence electrons. The van der Waals surface area contributed by atoms with Crippen molar-refractivity contribution in [3.63, 3.8) is 0 Å². The number of hydrogen-bond donors (Lipinski definition) is 0. The Labute approximate surface area is 142 Å². The second-order valence-electron chi connectivity index (χ2n) is 6.31. The van der Waals surface area contributed by atoms with Crippen LogP contribution in [-0.4, -0.2) is 61.2 Å². The number of morpholine rings is 1. The van der Waals surface area contributed by atoms with Crippen molar-refractivity contribution in [2.45, 2.75) is 19.1 Å². The van der Waals surface area contributed by atoms with E-state index in [4.69, 9.17) is 9.72 Å². The molecule has 23 heavy (non-hydrogen) atoms. The summed E-state index contributed by atoms with van der Waals surface area (Å²) in [4.78, 5) is 9.49. The molecule has 1 aliphatic heterocycles. The topological polar surface area (TPSA) is 28.6 Å². The molecule has 0 radical (unpaired) electrons. The summed E-state index contributed by atoms with van der Waals surface area (Å²) in [5.41, 5.74) is 2.28. The van der Waals surface area contributed by atoms with Crippen LogP contribution in [0.25, 0.3) is 11.3 Å². The van der Waals surface area contributed by atoms with Crippen LogP contribution in [0.5, 0.6) is 0 Å². The minimum atomic E-state index is 0.347. The number of nitrogens with zero attached hydrogens (tertiary/aromatic N) is 3. The van der Waals surface area contributed by atoms with Crippen molar-refractivity contribution in [3.8, 4) is 11.3 Å². The van der Waals surface area contributed by atoms with Gasteiger partial charge in [0.15, 0.2) is 0 Å². The predicted molar refractivity (Wildman–Crippen MR) is 95.7 cm³/mol. The van der Waals surface area contributed by atoms with E-state index in [9.17, 15) is 0 Å². The molecule has 1 unspecified atom stereocenters. The van der Waals surface area contributed by atoms with Gasteiger partial charge in [0.2, 0.25) is 0 Å². The first-order valence-electron chi connectivity index (χ1n) is 8.19. The second kappa shape index (κ2) is 8.02. The minimum absolute atomic E-state index is 0.347. The van der Waals surface area contributed by atoms with Gasteiger partial charge in [0.25, 0.3) is 0 Å². The molecule has 0 amide bonds. The smallest absolute Gasteiger partial charge is 0.107 e. The van der Waals surface area contributed by atoms with Crippen molar-refractivity contribution in [2.24, 2.45) is 0 Å². The summed E-state index contributed by atoms with van der Waals surface area (Å²) < 4.78 is 5.89. The third kappa shape index (κ3) is 4.85. The quantitative estimate of drug-likeness (QED) is 0.814. The standard InChI is InChI=1S/C18H25N3OS/c1-20(2)9-8-16-12-21(10-11-22-16)13-18-19-17(14-23-18)15-6-4-3-5-7-15/h3-7,14,16H,8-13H2,1-2H3. The highest BCUT2D eigenvalue weighted by molar-refractivity contribution is 7.09. The lowest BCUT2D eigenvalue weighted by molar-refractivity contribution is -0.0370. The van der Waals surface area contributed by atoms with Crippen molar-refractivity contribution in [1.82, 2.24) is 14.8 Å². The molecule has 0 aliphatic carbocycles. The fourth-order valence-corrected chi connectivity index (χ4v) is 3.66. The van der Waals surface area contributed by atoms with Crippen LogP contribution in [0.2, 0.25) is 0 Å². The molecule has 2 aromatic rings. The lowest BCUT2D eigenvalue weighted by Gasteiger charge is -2.32. The Hall–Kier alpha value is -1.27. The Morgan fingerprint density at radius 3 is 2.91 bits per heavy atom. The zero-order valence-electron chi connectivity index (χ0n) is 13.9. The summed E-state index contributed by atoms with van der Waals surface area (Å²) in [6, 6.07) is 10.4. The molecule has 1 saturated heterocycles. The summed E-state index contributed by atoms with van der Waals surface area (Å²) in [7, 11) is 4.22. The van der Waals surface area contributed by atoms with Gasteiger partial charge in [0.1, 0.15) is 5.01 Å². The fourth-order valence-electron chi connectivity index (χ4n) is 2.82. The van der Waals surface area contributed by atoms with Gasteiger partial charge in [0, 0.05) is 30.6 Å². The molecule has 3 rings (SSSR count). The predicted octanol–water partition coefficient (Wildman–Crippen LogP) is 2.96. The van der Waals surface area contributed by atoms with Crippen LogP contribution >= 0.6 is 11.3 Å². The van der Waals surface area contributed by atoms with Gasteiger partial charge in [-0.2, -0.15) is 0 Å². The van der Waals surface area contributed by atoms with E-state index in [0.717, 1.165) is 44.9 Å². The molecule has 4 nitrogen and oxygen atoms in total. The second-order valence-corrected chi connectivity index (χ2v) is 7.26. The maximum atomic E-state index is 5.89. The first-order valence-corrected chi connectivity index (χ1v) is 9.07. The van der Waals surface area contributed by atoms with E-state index in [1.807, 2.05) is 6.07 Å². The maximum Gasteiger partial charge on any atom is 0.107 e. The Bertz CT molecular complexity index is 599. The average molecular weight is 331 g/mol. The van der Waals surface area contributed by atoms with Gasteiger partial charge in [-0.15, -0.1) is 11.3 Å². The van der Waals surface area contributed by atoms with E-state index in [-0.39, 0.29) is 0 Å². The van der Waals surface area contributed by atoms with Crippen LogP contribution in [0.4, 0.5) is 0 Å². The third-order valence-electron chi connectivity index (χ3n) is 4.10. The molecule has 2 heterocycles. The summed E-state index contributed by atoms with van der Waals surface area (Å²) in [5.74, 6) is 0. The molecule has 1 aromatic heterocycles. The highest BCUT2D eigenvalue weighted by atomic mass is 32.1. The summed E-state index contributed by atoms with van der Waals surface area (Å²) in [5, 5.41) is 3.35. The Balaban J connectivity index is 1.56. The fraction of sp³-hybridized carbons (Fsp3) is 0.500. The van der Waals surface area contributed by atoms with E-state index in [1.165, 1.54) is 10.6 Å². The number of rotatable bonds is 6. The van der Waals surface area contributed by atoms with Crippen LogP contribution in [0, 0.1) is 0 Å². The molecular weight excluding hydrogens is 306 g/mol. The maximum absolute atomic E-state index is 5.89. The van der Waals surface area contributed by atoms with Crippen molar-refractivity contribution in [3.05, 3.63) is 40.7 Å². The van der Waals surface area contributed by atoms with Gasteiger partial charge < -0.3 is 9.64 Å². The number of aromatic nitrogens is 1. The van der Waals surface area contributed by atoms with E-state index in [0.29, 0.717) is 6.10 Å². The van der Waals surface area contributed by atoms with E-state index < -0.39 is 0 Å². The van der Waals surface area contributed by atoms with Gasteiger partial charge in [-0.1, -0.05) is 30.3 Å². The van der Waals surface area contributed by atoms with Crippen molar-refractivity contribution in [1.29, 1.82) is 0 Å². The number of benzene rings is 1. The van der Waals surface area contributed by atoms with Gasteiger partial charge in [-0.25, -0.2) is 4.98 Å². The minimum Gasteiger partial charge on any atom is -0.376 e. The zero-order valence-corrected chi connectivity index (χ0v) is 14.8. The lowest BCUT2D eigenvalue weighted by atomic mass is 10.2. The zero-order chi connectivity index (χ0) is 16.1. The Morgan fingerprint density at radius 1 is 1.30 bits per heavy atom. The summed E-state index contributed by atoms with van der Waals surface area (Å²) >= 11 is 1.76. The largest absolute Gasteiger partial charge is 0.376 e. The van der Waals surface area contributed by atoms with E-state index in [2.05, 4.69) is 53.5 Å². The number of hydrogen-bond acceptors (Lipinski definition) is 5. The van der Waals surface area contributed by atoms with E-state index in [1.54, 1.807) is 11.3 Å². The highest BCUT2D eigenvalue weighted by Gasteiger charge is 2.21. The molecule has 0 saturated carbocycles. The van der Waals surface area contributed by atoms with Gasteiger partial charge in [-0.05, 0) is 20.5 Å².